The predicted octanol–water partition coefficient (Wildman–Crippen LogP) is 7.13. The summed E-state index contributed by atoms with van der Waals surface area (Å²) < 4.78 is 11.4. The van der Waals surface area contributed by atoms with Crippen molar-refractivity contribution in [1.82, 2.24) is 5.32 Å². The summed E-state index contributed by atoms with van der Waals surface area (Å²) in [6.07, 6.45) is 1.75. The van der Waals surface area contributed by atoms with Crippen LogP contribution in [0.5, 0.6) is 11.5 Å². The van der Waals surface area contributed by atoms with Gasteiger partial charge in [-0.25, -0.2) is 4.99 Å². The minimum Gasteiger partial charge on any atom is -0.493 e. The van der Waals surface area contributed by atoms with Crippen molar-refractivity contribution in [3.8, 4) is 11.5 Å². The molecule has 168 valence electrons. The highest BCUT2D eigenvalue weighted by Crippen LogP contribution is 2.35. The van der Waals surface area contributed by atoms with Gasteiger partial charge in [0.25, 0.3) is 5.91 Å². The SMILES string of the molecule is COc1cc(C=C2SC(=Nc3cccc(Cl)c3Cl)NC2=O)ccc1OCc1ccccc1Cl. The lowest BCUT2D eigenvalue weighted by atomic mass is 10.2. The number of nitrogens with zero attached hydrogens (tertiary/aromatic N) is 1. The quantitative estimate of drug-likeness (QED) is 0.352. The molecule has 0 unspecified atom stereocenters. The molecule has 0 spiro atoms. The fourth-order valence-electron chi connectivity index (χ4n) is 2.98. The minimum atomic E-state index is -0.255. The maximum Gasteiger partial charge on any atom is 0.264 e. The molecule has 0 atom stereocenters. The van der Waals surface area contributed by atoms with E-state index in [1.165, 1.54) is 11.8 Å². The Hall–Kier alpha value is -2.64. The zero-order chi connectivity index (χ0) is 23.4. The molecule has 3 aromatic carbocycles. The summed E-state index contributed by atoms with van der Waals surface area (Å²) in [5, 5.41) is 4.52. The van der Waals surface area contributed by atoms with Gasteiger partial charge >= 0.3 is 0 Å². The summed E-state index contributed by atoms with van der Waals surface area (Å²) >= 11 is 19.6. The molecule has 4 rings (SSSR count). The summed E-state index contributed by atoms with van der Waals surface area (Å²) in [5.74, 6) is 0.857. The number of amides is 1. The van der Waals surface area contributed by atoms with Crippen molar-refractivity contribution in [2.45, 2.75) is 6.61 Å². The molecule has 1 aliphatic rings. The van der Waals surface area contributed by atoms with Crippen LogP contribution in [0.3, 0.4) is 0 Å². The number of thioether (sulfide) groups is 1. The Balaban J connectivity index is 1.51. The number of hydrogen-bond acceptors (Lipinski definition) is 5. The Morgan fingerprint density at radius 3 is 2.58 bits per heavy atom. The van der Waals surface area contributed by atoms with Crippen molar-refractivity contribution in [2.24, 2.45) is 4.99 Å². The standard InChI is InChI=1S/C24H17Cl3N2O3S/c1-31-20-11-14(9-10-19(20)32-13-15-5-2-3-6-16(15)25)12-21-23(30)29-24(33-21)28-18-8-4-7-17(26)22(18)27/h2-12H,13H2,1H3,(H,28,29,30). The topological polar surface area (TPSA) is 59.9 Å². The zero-order valence-electron chi connectivity index (χ0n) is 17.3. The van der Waals surface area contributed by atoms with Gasteiger partial charge in [-0.1, -0.05) is 65.1 Å². The third-order valence-corrected chi connectivity index (χ3v) is 6.72. The molecular weight excluding hydrogens is 503 g/mol. The number of aliphatic imine (C=N–C) groups is 1. The summed E-state index contributed by atoms with van der Waals surface area (Å²) in [4.78, 5) is 17.3. The van der Waals surface area contributed by atoms with E-state index in [0.29, 0.717) is 48.9 Å². The van der Waals surface area contributed by atoms with E-state index >= 15 is 0 Å². The second-order valence-corrected chi connectivity index (χ2v) is 9.07. The molecule has 33 heavy (non-hydrogen) atoms. The molecular formula is C24H17Cl3N2O3S. The van der Waals surface area contributed by atoms with Gasteiger partial charge in [-0.3, -0.25) is 4.79 Å². The number of nitrogens with one attached hydrogen (secondary N) is 1. The van der Waals surface area contributed by atoms with Crippen LogP contribution in [-0.4, -0.2) is 18.2 Å². The Morgan fingerprint density at radius 1 is 1.00 bits per heavy atom. The summed E-state index contributed by atoms with van der Waals surface area (Å²) in [5.41, 5.74) is 2.13. The smallest absolute Gasteiger partial charge is 0.264 e. The third kappa shape index (κ3) is 5.65. The molecule has 0 aromatic heterocycles. The first-order chi connectivity index (χ1) is 15.9. The van der Waals surface area contributed by atoms with Gasteiger partial charge in [-0.15, -0.1) is 0 Å². The molecule has 1 fully saturated rings. The van der Waals surface area contributed by atoms with Gasteiger partial charge in [0.1, 0.15) is 6.61 Å². The third-order valence-electron chi connectivity index (χ3n) is 4.63. The van der Waals surface area contributed by atoms with Gasteiger partial charge in [-0.2, -0.15) is 0 Å². The fraction of sp³-hybridized carbons (Fsp3) is 0.0833. The monoisotopic (exact) mass is 518 g/mol. The van der Waals surface area contributed by atoms with Crippen molar-refractivity contribution >= 4 is 69.4 Å². The Bertz CT molecular complexity index is 1280. The number of carbonyl (C=O) groups is 1. The highest BCUT2D eigenvalue weighted by molar-refractivity contribution is 8.18. The van der Waals surface area contributed by atoms with Gasteiger partial charge in [-0.05, 0) is 53.7 Å². The van der Waals surface area contributed by atoms with E-state index in [-0.39, 0.29) is 5.91 Å². The Morgan fingerprint density at radius 2 is 1.79 bits per heavy atom. The van der Waals surface area contributed by atoms with E-state index in [1.807, 2.05) is 30.3 Å². The number of benzene rings is 3. The largest absolute Gasteiger partial charge is 0.493 e. The van der Waals surface area contributed by atoms with E-state index in [2.05, 4.69) is 10.3 Å². The van der Waals surface area contributed by atoms with Crippen LogP contribution in [0.15, 0.2) is 70.6 Å². The highest BCUT2D eigenvalue weighted by Gasteiger charge is 2.24. The van der Waals surface area contributed by atoms with E-state index < -0.39 is 0 Å². The maximum atomic E-state index is 12.4. The van der Waals surface area contributed by atoms with Crippen LogP contribution in [0, 0.1) is 0 Å². The molecule has 1 amide bonds. The summed E-state index contributed by atoms with van der Waals surface area (Å²) in [6.45, 7) is 0.306. The number of ether oxygens (including phenoxy) is 2. The molecule has 9 heteroatoms. The Kier molecular flexibility index (Phi) is 7.50. The number of halogens is 3. The normalized spacial score (nSPS) is 15.7. The lowest BCUT2D eigenvalue weighted by molar-refractivity contribution is -0.115. The van der Waals surface area contributed by atoms with Crippen molar-refractivity contribution in [1.29, 1.82) is 0 Å². The molecule has 1 aliphatic heterocycles. The first-order valence-corrected chi connectivity index (χ1v) is 11.7. The molecule has 0 saturated carbocycles. The lowest BCUT2D eigenvalue weighted by Crippen LogP contribution is -2.19. The van der Waals surface area contributed by atoms with E-state index in [0.717, 1.165) is 11.1 Å². The first-order valence-electron chi connectivity index (χ1n) is 9.72. The minimum absolute atomic E-state index is 0.255. The van der Waals surface area contributed by atoms with Gasteiger partial charge in [0.15, 0.2) is 16.7 Å². The molecule has 0 aliphatic carbocycles. The van der Waals surface area contributed by atoms with Crippen LogP contribution in [-0.2, 0) is 11.4 Å². The van der Waals surface area contributed by atoms with Crippen molar-refractivity contribution in [3.05, 3.63) is 91.8 Å². The molecule has 5 nitrogen and oxygen atoms in total. The molecule has 3 aromatic rings. The van der Waals surface area contributed by atoms with Crippen LogP contribution < -0.4 is 14.8 Å². The number of amidine groups is 1. The maximum absolute atomic E-state index is 12.4. The Labute approximate surface area is 210 Å². The predicted molar refractivity (Wildman–Crippen MR) is 136 cm³/mol. The van der Waals surface area contributed by atoms with Crippen LogP contribution in [0.4, 0.5) is 5.69 Å². The van der Waals surface area contributed by atoms with Crippen molar-refractivity contribution in [2.75, 3.05) is 7.11 Å². The van der Waals surface area contributed by atoms with Gasteiger partial charge in [0, 0.05) is 10.6 Å². The van der Waals surface area contributed by atoms with Crippen LogP contribution >= 0.6 is 46.6 Å². The van der Waals surface area contributed by atoms with Crippen molar-refractivity contribution in [3.63, 3.8) is 0 Å². The second-order valence-electron chi connectivity index (χ2n) is 6.85. The number of hydrogen-bond donors (Lipinski definition) is 1. The van der Waals surface area contributed by atoms with E-state index in [9.17, 15) is 4.79 Å². The first kappa shape index (κ1) is 23.5. The van der Waals surface area contributed by atoms with Crippen molar-refractivity contribution < 1.29 is 14.3 Å². The number of methoxy groups -OCH3 is 1. The average Bonchev–Trinajstić information content (AvgIpc) is 3.15. The number of rotatable bonds is 6. The lowest BCUT2D eigenvalue weighted by Gasteiger charge is -2.12. The average molecular weight is 520 g/mol. The summed E-state index contributed by atoms with van der Waals surface area (Å²) in [6, 6.07) is 18.1. The fourth-order valence-corrected chi connectivity index (χ4v) is 4.35. The molecule has 1 N–H and O–H groups in total. The second kappa shape index (κ2) is 10.5. The molecule has 0 bridgehead atoms. The van der Waals surface area contributed by atoms with E-state index in [4.69, 9.17) is 44.3 Å². The summed E-state index contributed by atoms with van der Waals surface area (Å²) in [7, 11) is 1.56. The molecule has 1 heterocycles. The molecule has 0 radical (unpaired) electrons. The van der Waals surface area contributed by atoms with Gasteiger partial charge < -0.3 is 14.8 Å². The van der Waals surface area contributed by atoms with Crippen LogP contribution in [0.25, 0.3) is 6.08 Å². The zero-order valence-corrected chi connectivity index (χ0v) is 20.4. The highest BCUT2D eigenvalue weighted by atomic mass is 35.5. The van der Waals surface area contributed by atoms with Crippen LogP contribution in [0.2, 0.25) is 15.1 Å². The van der Waals surface area contributed by atoms with Gasteiger partial charge in [0.05, 0.1) is 27.7 Å². The number of carbonyl (C=O) groups excluding carboxylic acids is 1. The van der Waals surface area contributed by atoms with Gasteiger partial charge in [0.2, 0.25) is 0 Å². The van der Waals surface area contributed by atoms with E-state index in [1.54, 1.807) is 43.5 Å². The molecule has 1 saturated heterocycles. The van der Waals surface area contributed by atoms with Crippen LogP contribution in [0.1, 0.15) is 11.1 Å².